The molecule has 124 valence electrons. The van der Waals surface area contributed by atoms with Crippen LogP contribution < -0.4 is 22.8 Å². The molecule has 10 heteroatoms. The van der Waals surface area contributed by atoms with Crippen LogP contribution in [0.3, 0.4) is 0 Å². The zero-order valence-electron chi connectivity index (χ0n) is 13.0. The molecule has 1 fully saturated rings. The molecule has 4 aliphatic rings. The Morgan fingerprint density at radius 2 is 1.54 bits per heavy atom. The van der Waals surface area contributed by atoms with Gasteiger partial charge >= 0.3 is 22.8 Å². The Morgan fingerprint density at radius 1 is 0.917 bits per heavy atom. The van der Waals surface area contributed by atoms with Crippen LogP contribution in [0.4, 0.5) is 0 Å². The van der Waals surface area contributed by atoms with Crippen LogP contribution in [0.25, 0.3) is 0 Å². The first-order valence-electron chi connectivity index (χ1n) is 7.93. The van der Waals surface area contributed by atoms with Gasteiger partial charge in [0.15, 0.2) is 0 Å². The molecule has 2 aliphatic heterocycles. The summed E-state index contributed by atoms with van der Waals surface area (Å²) < 4.78 is 8.26. The number of hydrogen-bond acceptors (Lipinski definition) is 4. The highest BCUT2D eigenvalue weighted by atomic mass is 16.2. The second kappa shape index (κ2) is 3.21. The molecule has 10 nitrogen and oxygen atoms in total. The van der Waals surface area contributed by atoms with Crippen molar-refractivity contribution in [1.82, 2.24) is 27.9 Å². The van der Waals surface area contributed by atoms with Gasteiger partial charge in [-0.2, -0.15) is 0 Å². The van der Waals surface area contributed by atoms with Crippen molar-refractivity contribution < 1.29 is 0 Å². The lowest BCUT2D eigenvalue weighted by atomic mass is 9.89. The monoisotopic (exact) mass is 330 g/mol. The van der Waals surface area contributed by atoms with E-state index in [-0.39, 0.29) is 40.9 Å². The molecule has 4 heterocycles. The Balaban J connectivity index is 1.76. The summed E-state index contributed by atoms with van der Waals surface area (Å²) in [4.78, 5) is 50.0. The molecule has 0 amide bonds. The predicted octanol–water partition coefficient (Wildman–Crippen LogP) is -2.21. The number of allylic oxidation sites excluding steroid dienone is 2. The summed E-state index contributed by atoms with van der Waals surface area (Å²) in [6.45, 7) is 0. The van der Waals surface area contributed by atoms with E-state index < -0.39 is 5.54 Å². The van der Waals surface area contributed by atoms with Crippen molar-refractivity contribution in [3.63, 3.8) is 0 Å². The number of fused-ring (bicyclic) bond motifs is 9. The molecule has 1 saturated carbocycles. The minimum Gasteiger partial charge on any atom is -0.246 e. The van der Waals surface area contributed by atoms with Crippen molar-refractivity contribution in [3.05, 3.63) is 53.6 Å². The van der Waals surface area contributed by atoms with Gasteiger partial charge in [0.25, 0.3) is 0 Å². The lowest BCUT2D eigenvalue weighted by Crippen LogP contribution is -2.49. The Bertz CT molecular complexity index is 1230. The molecule has 6 rings (SSSR count). The third-order valence-electron chi connectivity index (χ3n) is 6.40. The van der Waals surface area contributed by atoms with Crippen LogP contribution in [0, 0.1) is 0 Å². The topological polar surface area (TPSA) is 97.9 Å². The minimum atomic E-state index is -0.690. The third-order valence-corrected chi connectivity index (χ3v) is 6.40. The van der Waals surface area contributed by atoms with E-state index in [1.165, 1.54) is 32.8 Å². The molecule has 2 aromatic rings. The fourth-order valence-corrected chi connectivity index (χ4v) is 5.50. The zero-order valence-corrected chi connectivity index (χ0v) is 13.0. The molecule has 4 bridgehead atoms. The molecular formula is C14H14N6O4. The van der Waals surface area contributed by atoms with Gasteiger partial charge in [-0.25, -0.2) is 47.0 Å². The standard InChI is InChI=1S/C14H14N6O4/c1-15-11(22)18-8-4-9(19(18)12(15)23)14-5-6(3-7(8)14)17-10(21)16(2)13(24)20(14)17/h3,6,8-9H,4-5H2,1-2H3/t6-,8+,9-,14-/m1/s1. The average Bonchev–Trinajstić information content (AvgIpc) is 3.34. The van der Waals surface area contributed by atoms with Crippen molar-refractivity contribution in [3.8, 4) is 0 Å². The Kier molecular flexibility index (Phi) is 1.69. The first kappa shape index (κ1) is 12.6. The number of rotatable bonds is 0. The fourth-order valence-electron chi connectivity index (χ4n) is 5.50. The maximum atomic E-state index is 12.7. The largest absolute Gasteiger partial charge is 0.347 e. The maximum Gasteiger partial charge on any atom is 0.347 e. The van der Waals surface area contributed by atoms with Gasteiger partial charge in [0.05, 0.1) is 18.1 Å². The average molecular weight is 330 g/mol. The summed E-state index contributed by atoms with van der Waals surface area (Å²) in [5, 5.41) is 0. The Hall–Kier alpha value is -2.78. The van der Waals surface area contributed by atoms with Gasteiger partial charge in [-0.15, -0.1) is 0 Å². The van der Waals surface area contributed by atoms with Crippen molar-refractivity contribution >= 4 is 0 Å². The van der Waals surface area contributed by atoms with Gasteiger partial charge in [-0.05, 0) is 12.0 Å². The quantitative estimate of drug-likeness (QED) is 0.512. The molecule has 0 N–H and O–H groups in total. The normalized spacial score (nSPS) is 33.8. The van der Waals surface area contributed by atoms with Crippen LogP contribution in [0.1, 0.15) is 31.0 Å². The van der Waals surface area contributed by atoms with Crippen molar-refractivity contribution in [2.24, 2.45) is 14.1 Å². The van der Waals surface area contributed by atoms with Gasteiger partial charge in [0.1, 0.15) is 5.54 Å². The van der Waals surface area contributed by atoms with Crippen LogP contribution in [0.5, 0.6) is 0 Å². The van der Waals surface area contributed by atoms with E-state index in [0.29, 0.717) is 12.8 Å². The van der Waals surface area contributed by atoms with Gasteiger partial charge in [0, 0.05) is 20.5 Å². The highest BCUT2D eigenvalue weighted by Gasteiger charge is 2.68. The molecule has 0 unspecified atom stereocenters. The lowest BCUT2D eigenvalue weighted by molar-refractivity contribution is 0.205. The summed E-state index contributed by atoms with van der Waals surface area (Å²) in [5.41, 5.74) is -1.09. The number of nitrogens with zero attached hydrogens (tertiary/aromatic N) is 6. The molecule has 24 heavy (non-hydrogen) atoms. The van der Waals surface area contributed by atoms with Gasteiger partial charge < -0.3 is 0 Å². The highest BCUT2D eigenvalue weighted by Crippen LogP contribution is 2.65. The number of hydrogen-bond donors (Lipinski definition) is 0. The summed E-state index contributed by atoms with van der Waals surface area (Å²) in [5.74, 6) is 0. The van der Waals surface area contributed by atoms with Gasteiger partial charge in [-0.3, -0.25) is 0 Å². The van der Waals surface area contributed by atoms with Gasteiger partial charge in [-0.1, -0.05) is 6.08 Å². The van der Waals surface area contributed by atoms with E-state index in [2.05, 4.69) is 0 Å². The molecule has 2 aromatic heterocycles. The second-order valence-electron chi connectivity index (χ2n) is 7.18. The van der Waals surface area contributed by atoms with E-state index in [9.17, 15) is 19.2 Å². The first-order valence-corrected chi connectivity index (χ1v) is 7.93. The van der Waals surface area contributed by atoms with E-state index in [4.69, 9.17) is 0 Å². The van der Waals surface area contributed by atoms with E-state index >= 15 is 0 Å². The van der Waals surface area contributed by atoms with Crippen molar-refractivity contribution in [2.45, 2.75) is 36.5 Å². The SMILES string of the molecule is Cn1c(=O)n2n(c1=O)[C@@H]1C[C@H]2C2=C[C@@H]3C[C@@]21n1c(=O)n(C)c(=O)n13. The molecule has 0 aromatic carbocycles. The van der Waals surface area contributed by atoms with Crippen LogP contribution in [-0.2, 0) is 19.6 Å². The predicted molar refractivity (Wildman–Crippen MR) is 80.3 cm³/mol. The Morgan fingerprint density at radius 3 is 2.29 bits per heavy atom. The van der Waals surface area contributed by atoms with Gasteiger partial charge in [0.2, 0.25) is 0 Å². The Labute approximate surface area is 133 Å². The molecular weight excluding hydrogens is 316 g/mol. The van der Waals surface area contributed by atoms with E-state index in [1.54, 1.807) is 0 Å². The van der Waals surface area contributed by atoms with Crippen LogP contribution in [0.15, 0.2) is 30.8 Å². The van der Waals surface area contributed by atoms with Crippen molar-refractivity contribution in [2.75, 3.05) is 0 Å². The molecule has 0 saturated heterocycles. The van der Waals surface area contributed by atoms with Crippen LogP contribution >= 0.6 is 0 Å². The lowest BCUT2D eigenvalue weighted by Gasteiger charge is -2.36. The summed E-state index contributed by atoms with van der Waals surface area (Å²) >= 11 is 0. The first-order chi connectivity index (χ1) is 11.4. The smallest absolute Gasteiger partial charge is 0.246 e. The number of aromatic nitrogens is 6. The van der Waals surface area contributed by atoms with E-state index in [0.717, 1.165) is 14.7 Å². The summed E-state index contributed by atoms with van der Waals surface area (Å²) in [7, 11) is 2.93. The second-order valence-corrected chi connectivity index (χ2v) is 7.18. The summed E-state index contributed by atoms with van der Waals surface area (Å²) in [6.07, 6.45) is 3.22. The zero-order chi connectivity index (χ0) is 16.7. The van der Waals surface area contributed by atoms with Crippen molar-refractivity contribution in [1.29, 1.82) is 0 Å². The highest BCUT2D eigenvalue weighted by molar-refractivity contribution is 5.41. The van der Waals surface area contributed by atoms with E-state index in [1.807, 2.05) is 6.08 Å². The molecule has 0 radical (unpaired) electrons. The summed E-state index contributed by atoms with van der Waals surface area (Å²) in [6, 6.07) is -0.707. The fraction of sp³-hybridized carbons (Fsp3) is 0.571. The maximum absolute atomic E-state index is 12.7. The van der Waals surface area contributed by atoms with Crippen LogP contribution in [-0.4, -0.2) is 27.9 Å². The molecule has 1 spiro atoms. The van der Waals surface area contributed by atoms with Crippen LogP contribution in [0.2, 0.25) is 0 Å². The molecule has 4 atom stereocenters. The third kappa shape index (κ3) is 0.900. The minimum absolute atomic E-state index is 0.184. The molecule has 2 aliphatic carbocycles.